The van der Waals surface area contributed by atoms with Crippen LogP contribution < -0.4 is 10.6 Å². The highest BCUT2D eigenvalue weighted by Crippen LogP contribution is 2.07. The molecule has 1 fully saturated rings. The molecule has 1 aliphatic rings. The molecule has 0 aliphatic carbocycles. The van der Waals surface area contributed by atoms with Crippen LogP contribution in [0.5, 0.6) is 0 Å². The molecule has 2 N–H and O–H groups in total. The highest BCUT2D eigenvalue weighted by Gasteiger charge is 2.10. The zero-order valence-corrected chi connectivity index (χ0v) is 11.7. The lowest BCUT2D eigenvalue weighted by molar-refractivity contribution is -0.121. The van der Waals surface area contributed by atoms with E-state index >= 15 is 0 Å². The van der Waals surface area contributed by atoms with E-state index in [9.17, 15) is 4.79 Å². The number of carbonyl (C=O) groups excluding carboxylic acids is 1. The predicted molar refractivity (Wildman–Crippen MR) is 72.6 cm³/mol. The Morgan fingerprint density at radius 1 is 1.33 bits per heavy atom. The normalized spacial score (nSPS) is 18.6. The SMILES string of the molecule is COCC(C)NC(=O)CNCCN1CCCCC1. The van der Waals surface area contributed by atoms with Gasteiger partial charge in [0.15, 0.2) is 0 Å². The molecule has 0 aromatic heterocycles. The van der Waals surface area contributed by atoms with Crippen molar-refractivity contribution in [3.63, 3.8) is 0 Å². The first-order valence-corrected chi connectivity index (χ1v) is 6.93. The van der Waals surface area contributed by atoms with Crippen LogP contribution in [0.4, 0.5) is 0 Å². The van der Waals surface area contributed by atoms with Crippen LogP contribution in [0.1, 0.15) is 26.2 Å². The minimum absolute atomic E-state index is 0.0400. The van der Waals surface area contributed by atoms with E-state index in [-0.39, 0.29) is 11.9 Å². The fraction of sp³-hybridized carbons (Fsp3) is 0.923. The molecule has 1 amide bonds. The van der Waals surface area contributed by atoms with Gasteiger partial charge in [0.1, 0.15) is 0 Å². The molecular weight excluding hydrogens is 230 g/mol. The molecule has 0 saturated carbocycles. The van der Waals surface area contributed by atoms with Crippen molar-refractivity contribution in [2.24, 2.45) is 0 Å². The van der Waals surface area contributed by atoms with Crippen LogP contribution in [-0.4, -0.2) is 63.3 Å². The third-order valence-corrected chi connectivity index (χ3v) is 3.16. The number of methoxy groups -OCH3 is 1. The Morgan fingerprint density at radius 2 is 2.06 bits per heavy atom. The predicted octanol–water partition coefficient (Wildman–Crippen LogP) is 0.213. The maximum atomic E-state index is 11.5. The summed E-state index contributed by atoms with van der Waals surface area (Å²) < 4.78 is 4.97. The molecule has 5 heteroatoms. The van der Waals surface area contributed by atoms with Crippen molar-refractivity contribution in [1.82, 2.24) is 15.5 Å². The molecule has 1 rings (SSSR count). The van der Waals surface area contributed by atoms with Crippen LogP contribution in [-0.2, 0) is 9.53 Å². The summed E-state index contributed by atoms with van der Waals surface area (Å²) in [5.41, 5.74) is 0. The van der Waals surface area contributed by atoms with E-state index in [0.29, 0.717) is 13.2 Å². The number of likely N-dealkylation sites (tertiary alicyclic amines) is 1. The second-order valence-corrected chi connectivity index (χ2v) is 5.00. The fourth-order valence-corrected chi connectivity index (χ4v) is 2.24. The van der Waals surface area contributed by atoms with Crippen LogP contribution in [0, 0.1) is 0 Å². The lowest BCUT2D eigenvalue weighted by Crippen LogP contribution is -2.43. The van der Waals surface area contributed by atoms with Crippen molar-refractivity contribution in [3.05, 3.63) is 0 Å². The Bertz CT molecular complexity index is 230. The van der Waals surface area contributed by atoms with Gasteiger partial charge < -0.3 is 20.3 Å². The molecule has 0 aromatic carbocycles. The second kappa shape index (κ2) is 9.30. The molecule has 5 nitrogen and oxygen atoms in total. The first kappa shape index (κ1) is 15.4. The number of carbonyl (C=O) groups is 1. The number of amides is 1. The van der Waals surface area contributed by atoms with E-state index in [1.165, 1.54) is 32.4 Å². The number of rotatable bonds is 8. The maximum Gasteiger partial charge on any atom is 0.234 e. The van der Waals surface area contributed by atoms with Gasteiger partial charge in [-0.15, -0.1) is 0 Å². The third kappa shape index (κ3) is 6.93. The Kier molecular flexibility index (Phi) is 7.96. The summed E-state index contributed by atoms with van der Waals surface area (Å²) >= 11 is 0. The molecule has 1 unspecified atom stereocenters. The van der Waals surface area contributed by atoms with Gasteiger partial charge in [0, 0.05) is 26.2 Å². The molecule has 0 spiro atoms. The summed E-state index contributed by atoms with van der Waals surface area (Å²) in [7, 11) is 1.64. The van der Waals surface area contributed by atoms with E-state index in [1.807, 2.05) is 6.92 Å². The smallest absolute Gasteiger partial charge is 0.234 e. The van der Waals surface area contributed by atoms with Crippen LogP contribution in [0.3, 0.4) is 0 Å². The molecule has 18 heavy (non-hydrogen) atoms. The van der Waals surface area contributed by atoms with E-state index in [0.717, 1.165) is 13.1 Å². The average molecular weight is 257 g/mol. The summed E-state index contributed by atoms with van der Waals surface area (Å²) in [5, 5.41) is 6.06. The van der Waals surface area contributed by atoms with E-state index in [4.69, 9.17) is 4.74 Å². The first-order chi connectivity index (χ1) is 8.72. The van der Waals surface area contributed by atoms with Gasteiger partial charge in [-0.1, -0.05) is 6.42 Å². The quantitative estimate of drug-likeness (QED) is 0.611. The Morgan fingerprint density at radius 3 is 2.72 bits per heavy atom. The van der Waals surface area contributed by atoms with Gasteiger partial charge in [-0.2, -0.15) is 0 Å². The van der Waals surface area contributed by atoms with Crippen LogP contribution in [0.25, 0.3) is 0 Å². The lowest BCUT2D eigenvalue weighted by Gasteiger charge is -2.26. The second-order valence-electron chi connectivity index (χ2n) is 5.00. The van der Waals surface area contributed by atoms with Gasteiger partial charge in [-0.3, -0.25) is 4.79 Å². The number of nitrogens with zero attached hydrogens (tertiary/aromatic N) is 1. The zero-order valence-electron chi connectivity index (χ0n) is 11.7. The summed E-state index contributed by atoms with van der Waals surface area (Å²) in [6.45, 7) is 7.22. The Balaban J connectivity index is 1.97. The largest absolute Gasteiger partial charge is 0.383 e. The molecular formula is C13H27N3O2. The Labute approximate surface area is 110 Å². The molecule has 1 aliphatic heterocycles. The molecule has 1 atom stereocenters. The van der Waals surface area contributed by atoms with Gasteiger partial charge in [0.25, 0.3) is 0 Å². The minimum atomic E-state index is 0.0400. The topological polar surface area (TPSA) is 53.6 Å². The number of nitrogens with one attached hydrogen (secondary N) is 2. The van der Waals surface area contributed by atoms with Gasteiger partial charge in [-0.25, -0.2) is 0 Å². The number of hydrogen-bond donors (Lipinski definition) is 2. The number of piperidine rings is 1. The first-order valence-electron chi connectivity index (χ1n) is 6.93. The Hall–Kier alpha value is -0.650. The zero-order chi connectivity index (χ0) is 13.2. The average Bonchev–Trinajstić information content (AvgIpc) is 2.36. The van der Waals surface area contributed by atoms with E-state index in [2.05, 4.69) is 15.5 Å². The monoisotopic (exact) mass is 257 g/mol. The van der Waals surface area contributed by atoms with Gasteiger partial charge in [-0.05, 0) is 32.9 Å². The maximum absolute atomic E-state index is 11.5. The van der Waals surface area contributed by atoms with Crippen molar-refractivity contribution >= 4 is 5.91 Å². The summed E-state index contributed by atoms with van der Waals surface area (Å²) in [6.07, 6.45) is 3.99. The summed E-state index contributed by atoms with van der Waals surface area (Å²) in [5.74, 6) is 0.0400. The van der Waals surface area contributed by atoms with E-state index in [1.54, 1.807) is 7.11 Å². The highest BCUT2D eigenvalue weighted by atomic mass is 16.5. The van der Waals surface area contributed by atoms with Gasteiger partial charge in [0.2, 0.25) is 5.91 Å². The van der Waals surface area contributed by atoms with Crippen molar-refractivity contribution in [2.75, 3.05) is 46.4 Å². The standard InChI is InChI=1S/C13H27N3O2/c1-12(11-18-2)15-13(17)10-14-6-9-16-7-4-3-5-8-16/h12,14H,3-11H2,1-2H3,(H,15,17). The summed E-state index contributed by atoms with van der Waals surface area (Å²) in [6, 6.07) is 0.0754. The molecule has 0 aromatic rings. The lowest BCUT2D eigenvalue weighted by atomic mass is 10.1. The van der Waals surface area contributed by atoms with Crippen LogP contribution >= 0.6 is 0 Å². The van der Waals surface area contributed by atoms with Crippen molar-refractivity contribution in [3.8, 4) is 0 Å². The van der Waals surface area contributed by atoms with Gasteiger partial charge in [0.05, 0.1) is 13.2 Å². The van der Waals surface area contributed by atoms with Gasteiger partial charge >= 0.3 is 0 Å². The third-order valence-electron chi connectivity index (χ3n) is 3.16. The van der Waals surface area contributed by atoms with Crippen LogP contribution in [0.15, 0.2) is 0 Å². The fourth-order valence-electron chi connectivity index (χ4n) is 2.24. The number of ether oxygens (including phenoxy) is 1. The summed E-state index contributed by atoms with van der Waals surface area (Å²) in [4.78, 5) is 14.0. The molecule has 1 heterocycles. The minimum Gasteiger partial charge on any atom is -0.383 e. The van der Waals surface area contributed by atoms with Crippen molar-refractivity contribution in [1.29, 1.82) is 0 Å². The van der Waals surface area contributed by atoms with Crippen molar-refractivity contribution in [2.45, 2.75) is 32.2 Å². The van der Waals surface area contributed by atoms with Crippen molar-refractivity contribution < 1.29 is 9.53 Å². The molecule has 0 radical (unpaired) electrons. The van der Waals surface area contributed by atoms with Crippen LogP contribution in [0.2, 0.25) is 0 Å². The molecule has 106 valence electrons. The molecule has 0 bridgehead atoms. The number of hydrogen-bond acceptors (Lipinski definition) is 4. The van der Waals surface area contributed by atoms with E-state index < -0.39 is 0 Å². The highest BCUT2D eigenvalue weighted by molar-refractivity contribution is 5.78. The molecule has 1 saturated heterocycles.